The molecule has 0 heterocycles. The summed E-state index contributed by atoms with van der Waals surface area (Å²) in [5, 5.41) is 12.4. The smallest absolute Gasteiger partial charge is 0.165 e. The standard InChI is InChI=1S/C13H20BrNO3/c1-4-11(8-16)15-7-9-5-10(14)6-12(17-2)13(9)18-3/h5-6,11,15-16H,4,7-8H2,1-3H3/t11-/m0/s1. The largest absolute Gasteiger partial charge is 0.493 e. The van der Waals surface area contributed by atoms with Gasteiger partial charge in [0.2, 0.25) is 0 Å². The molecule has 0 aromatic heterocycles. The number of aliphatic hydroxyl groups excluding tert-OH is 1. The Balaban J connectivity index is 2.89. The molecule has 0 aliphatic heterocycles. The molecule has 0 unspecified atom stereocenters. The van der Waals surface area contributed by atoms with Crippen LogP contribution in [-0.2, 0) is 6.54 Å². The molecule has 0 radical (unpaired) electrons. The molecule has 0 saturated heterocycles. The molecule has 18 heavy (non-hydrogen) atoms. The van der Waals surface area contributed by atoms with Gasteiger partial charge in [-0.05, 0) is 18.6 Å². The highest BCUT2D eigenvalue weighted by Gasteiger charge is 2.13. The van der Waals surface area contributed by atoms with E-state index in [1.165, 1.54) is 0 Å². The Morgan fingerprint density at radius 1 is 1.33 bits per heavy atom. The number of benzene rings is 1. The lowest BCUT2D eigenvalue weighted by atomic mass is 10.1. The first kappa shape index (κ1) is 15.3. The zero-order valence-electron chi connectivity index (χ0n) is 11.0. The molecule has 0 saturated carbocycles. The number of nitrogens with one attached hydrogen (secondary N) is 1. The van der Waals surface area contributed by atoms with Crippen molar-refractivity contribution in [3.63, 3.8) is 0 Å². The van der Waals surface area contributed by atoms with Crippen molar-refractivity contribution in [1.29, 1.82) is 0 Å². The van der Waals surface area contributed by atoms with Crippen LogP contribution in [0, 0.1) is 0 Å². The summed E-state index contributed by atoms with van der Waals surface area (Å²) in [4.78, 5) is 0. The van der Waals surface area contributed by atoms with Crippen molar-refractivity contribution >= 4 is 15.9 Å². The minimum absolute atomic E-state index is 0.0969. The van der Waals surface area contributed by atoms with Crippen LogP contribution in [0.4, 0.5) is 0 Å². The summed E-state index contributed by atoms with van der Waals surface area (Å²) in [7, 11) is 3.24. The van der Waals surface area contributed by atoms with Gasteiger partial charge in [0, 0.05) is 22.6 Å². The number of hydrogen-bond acceptors (Lipinski definition) is 4. The van der Waals surface area contributed by atoms with E-state index in [9.17, 15) is 0 Å². The van der Waals surface area contributed by atoms with Gasteiger partial charge in [-0.1, -0.05) is 22.9 Å². The number of aliphatic hydroxyl groups is 1. The van der Waals surface area contributed by atoms with Crippen LogP contribution < -0.4 is 14.8 Å². The maximum Gasteiger partial charge on any atom is 0.165 e. The molecule has 1 aromatic rings. The zero-order valence-corrected chi connectivity index (χ0v) is 12.6. The normalized spacial score (nSPS) is 12.3. The van der Waals surface area contributed by atoms with Gasteiger partial charge in [-0.3, -0.25) is 0 Å². The number of ether oxygens (including phenoxy) is 2. The van der Waals surface area contributed by atoms with Crippen LogP contribution >= 0.6 is 15.9 Å². The van der Waals surface area contributed by atoms with E-state index >= 15 is 0 Å². The van der Waals surface area contributed by atoms with E-state index in [0.29, 0.717) is 12.3 Å². The van der Waals surface area contributed by atoms with Gasteiger partial charge in [0.15, 0.2) is 11.5 Å². The number of rotatable bonds is 7. The third kappa shape index (κ3) is 3.86. The molecule has 0 aliphatic rings. The average Bonchev–Trinajstić information content (AvgIpc) is 2.39. The summed E-state index contributed by atoms with van der Waals surface area (Å²) < 4.78 is 11.6. The third-order valence-electron chi connectivity index (χ3n) is 2.81. The zero-order chi connectivity index (χ0) is 13.5. The van der Waals surface area contributed by atoms with E-state index in [2.05, 4.69) is 21.2 Å². The van der Waals surface area contributed by atoms with Crippen LogP contribution in [0.25, 0.3) is 0 Å². The maximum absolute atomic E-state index is 9.16. The Labute approximate surface area is 116 Å². The highest BCUT2D eigenvalue weighted by atomic mass is 79.9. The SMILES string of the molecule is CC[C@@H](CO)NCc1cc(Br)cc(OC)c1OC. The number of halogens is 1. The molecular weight excluding hydrogens is 298 g/mol. The highest BCUT2D eigenvalue weighted by Crippen LogP contribution is 2.34. The molecule has 0 spiro atoms. The van der Waals surface area contributed by atoms with Crippen molar-refractivity contribution in [1.82, 2.24) is 5.32 Å². The molecule has 2 N–H and O–H groups in total. The maximum atomic E-state index is 9.16. The summed E-state index contributed by atoms with van der Waals surface area (Å²) in [6, 6.07) is 3.95. The average molecular weight is 318 g/mol. The van der Waals surface area contributed by atoms with E-state index in [1.807, 2.05) is 19.1 Å². The van der Waals surface area contributed by atoms with Crippen LogP contribution in [0.5, 0.6) is 11.5 Å². The van der Waals surface area contributed by atoms with Crippen LogP contribution in [-0.4, -0.2) is 32.0 Å². The molecule has 4 nitrogen and oxygen atoms in total. The van der Waals surface area contributed by atoms with Gasteiger partial charge in [-0.2, -0.15) is 0 Å². The number of methoxy groups -OCH3 is 2. The van der Waals surface area contributed by atoms with Crippen molar-refractivity contribution in [2.75, 3.05) is 20.8 Å². The Hall–Kier alpha value is -0.780. The predicted molar refractivity (Wildman–Crippen MR) is 75.3 cm³/mol. The molecule has 1 aromatic carbocycles. The predicted octanol–water partition coefficient (Wildman–Crippen LogP) is 2.33. The van der Waals surface area contributed by atoms with Crippen molar-refractivity contribution in [2.24, 2.45) is 0 Å². The summed E-state index contributed by atoms with van der Waals surface area (Å²) in [6.45, 7) is 2.79. The molecule has 102 valence electrons. The molecule has 0 aliphatic carbocycles. The van der Waals surface area contributed by atoms with E-state index in [1.54, 1.807) is 14.2 Å². The Morgan fingerprint density at radius 2 is 2.06 bits per heavy atom. The molecule has 1 atom stereocenters. The van der Waals surface area contributed by atoms with Gasteiger partial charge in [-0.25, -0.2) is 0 Å². The molecule has 5 heteroatoms. The summed E-state index contributed by atoms with van der Waals surface area (Å²) >= 11 is 3.45. The molecule has 0 amide bonds. The van der Waals surface area contributed by atoms with Gasteiger partial charge < -0.3 is 19.9 Å². The molecule has 0 bridgehead atoms. The first-order valence-electron chi connectivity index (χ1n) is 5.90. The van der Waals surface area contributed by atoms with Crippen LogP contribution in [0.2, 0.25) is 0 Å². The van der Waals surface area contributed by atoms with E-state index in [-0.39, 0.29) is 12.6 Å². The Bertz CT molecular complexity index is 381. The van der Waals surface area contributed by atoms with Gasteiger partial charge in [0.1, 0.15) is 0 Å². The van der Waals surface area contributed by atoms with E-state index in [4.69, 9.17) is 14.6 Å². The third-order valence-corrected chi connectivity index (χ3v) is 3.27. The lowest BCUT2D eigenvalue weighted by Crippen LogP contribution is -2.31. The monoisotopic (exact) mass is 317 g/mol. The lowest BCUT2D eigenvalue weighted by molar-refractivity contribution is 0.237. The number of hydrogen-bond donors (Lipinski definition) is 2. The van der Waals surface area contributed by atoms with Crippen molar-refractivity contribution in [3.05, 3.63) is 22.2 Å². The van der Waals surface area contributed by atoms with Gasteiger partial charge in [0.05, 0.1) is 20.8 Å². The summed E-state index contributed by atoms with van der Waals surface area (Å²) in [6.07, 6.45) is 0.879. The Morgan fingerprint density at radius 3 is 2.56 bits per heavy atom. The van der Waals surface area contributed by atoms with Crippen molar-refractivity contribution in [2.45, 2.75) is 25.9 Å². The summed E-state index contributed by atoms with van der Waals surface area (Å²) in [5.41, 5.74) is 0.996. The minimum Gasteiger partial charge on any atom is -0.493 e. The van der Waals surface area contributed by atoms with Gasteiger partial charge in [-0.15, -0.1) is 0 Å². The first-order valence-corrected chi connectivity index (χ1v) is 6.70. The van der Waals surface area contributed by atoms with Gasteiger partial charge in [0.25, 0.3) is 0 Å². The molecule has 1 rings (SSSR count). The highest BCUT2D eigenvalue weighted by molar-refractivity contribution is 9.10. The van der Waals surface area contributed by atoms with Gasteiger partial charge >= 0.3 is 0 Å². The fourth-order valence-electron chi connectivity index (χ4n) is 1.73. The molecule has 0 fully saturated rings. The second-order valence-electron chi connectivity index (χ2n) is 3.97. The van der Waals surface area contributed by atoms with Crippen LogP contribution in [0.15, 0.2) is 16.6 Å². The topological polar surface area (TPSA) is 50.7 Å². The quantitative estimate of drug-likeness (QED) is 0.810. The van der Waals surface area contributed by atoms with E-state index < -0.39 is 0 Å². The van der Waals surface area contributed by atoms with Crippen molar-refractivity contribution in [3.8, 4) is 11.5 Å². The minimum atomic E-state index is 0.0969. The Kier molecular flexibility index (Phi) is 6.46. The second-order valence-corrected chi connectivity index (χ2v) is 4.88. The second kappa shape index (κ2) is 7.61. The summed E-state index contributed by atoms with van der Waals surface area (Å²) in [5.74, 6) is 1.42. The van der Waals surface area contributed by atoms with Crippen LogP contribution in [0.3, 0.4) is 0 Å². The first-order chi connectivity index (χ1) is 8.65. The fourth-order valence-corrected chi connectivity index (χ4v) is 2.21. The van der Waals surface area contributed by atoms with Crippen LogP contribution in [0.1, 0.15) is 18.9 Å². The fraction of sp³-hybridized carbons (Fsp3) is 0.538. The van der Waals surface area contributed by atoms with E-state index in [0.717, 1.165) is 22.2 Å². The molecular formula is C13H20BrNO3. The lowest BCUT2D eigenvalue weighted by Gasteiger charge is -2.17. The van der Waals surface area contributed by atoms with Crippen molar-refractivity contribution < 1.29 is 14.6 Å².